The average molecular weight is 387 g/mol. The lowest BCUT2D eigenvalue weighted by molar-refractivity contribution is 0.123. The lowest BCUT2D eigenvalue weighted by atomic mass is 10.2. The summed E-state index contributed by atoms with van der Waals surface area (Å²) in [6, 6.07) is 14.0. The van der Waals surface area contributed by atoms with Gasteiger partial charge in [-0.15, -0.1) is 0 Å². The van der Waals surface area contributed by atoms with E-state index in [9.17, 15) is 4.79 Å². The third kappa shape index (κ3) is 3.45. The minimum Gasteiger partial charge on any atom is -0.378 e. The summed E-state index contributed by atoms with van der Waals surface area (Å²) in [7, 11) is 0. The molecule has 0 spiro atoms. The van der Waals surface area contributed by atoms with Crippen molar-refractivity contribution in [1.29, 1.82) is 0 Å². The average Bonchev–Trinajstić information content (AvgIpc) is 2.79. The lowest BCUT2D eigenvalue weighted by Gasteiger charge is -2.29. The zero-order valence-electron chi connectivity index (χ0n) is 16.0. The zero-order valence-corrected chi connectivity index (χ0v) is 16.0. The van der Waals surface area contributed by atoms with E-state index in [0.717, 1.165) is 35.4 Å². The fraction of sp³-hybridized carbons (Fsp3) is 0.273. The lowest BCUT2D eigenvalue weighted by Crippen LogP contribution is -2.37. The Kier molecular flexibility index (Phi) is 4.65. The van der Waals surface area contributed by atoms with Gasteiger partial charge in [-0.3, -0.25) is 14.8 Å². The van der Waals surface area contributed by atoms with Crippen LogP contribution < -0.4 is 10.5 Å². The summed E-state index contributed by atoms with van der Waals surface area (Å²) in [6.45, 7) is 3.33. The first-order valence-electron chi connectivity index (χ1n) is 9.82. The van der Waals surface area contributed by atoms with Gasteiger partial charge in [-0.05, 0) is 18.2 Å². The molecule has 1 fully saturated rings. The van der Waals surface area contributed by atoms with Gasteiger partial charge in [-0.25, -0.2) is 4.68 Å². The zero-order chi connectivity index (χ0) is 19.6. The number of benzene rings is 1. The van der Waals surface area contributed by atoms with Crippen LogP contribution in [-0.2, 0) is 17.7 Å². The van der Waals surface area contributed by atoms with Gasteiger partial charge in [0, 0.05) is 36.8 Å². The van der Waals surface area contributed by atoms with Gasteiger partial charge in [-0.2, -0.15) is 5.10 Å². The molecule has 0 unspecified atom stereocenters. The van der Waals surface area contributed by atoms with E-state index >= 15 is 0 Å². The van der Waals surface area contributed by atoms with Crippen LogP contribution in [0.5, 0.6) is 0 Å². The Morgan fingerprint density at radius 2 is 1.86 bits per heavy atom. The second kappa shape index (κ2) is 7.60. The summed E-state index contributed by atoms with van der Waals surface area (Å²) in [5.74, 6) is 0. The van der Waals surface area contributed by atoms with Gasteiger partial charge in [-0.1, -0.05) is 24.3 Å². The van der Waals surface area contributed by atoms with E-state index in [2.05, 4.69) is 21.0 Å². The summed E-state index contributed by atoms with van der Waals surface area (Å²) in [5, 5.41) is 6.07. The molecule has 1 aliphatic rings. The van der Waals surface area contributed by atoms with E-state index in [1.165, 1.54) is 4.68 Å². The SMILES string of the molecule is O=c1c2c(N3CCOCC3)ccnc2cnn1CCc1ccc2ccccc2n1. The number of hydrogen-bond acceptors (Lipinski definition) is 6. The Bertz CT molecular complexity index is 1230. The Morgan fingerprint density at radius 3 is 2.76 bits per heavy atom. The molecule has 146 valence electrons. The first kappa shape index (κ1) is 17.8. The number of hydrogen-bond donors (Lipinski definition) is 0. The predicted octanol–water partition coefficient (Wildman–Crippen LogP) is 2.42. The minimum absolute atomic E-state index is 0.113. The molecule has 0 radical (unpaired) electrons. The maximum absolute atomic E-state index is 13.2. The second-order valence-corrected chi connectivity index (χ2v) is 7.11. The first-order valence-corrected chi connectivity index (χ1v) is 9.82. The molecular weight excluding hydrogens is 366 g/mol. The normalized spacial score (nSPS) is 14.6. The van der Waals surface area contributed by atoms with Crippen LogP contribution in [-0.4, -0.2) is 46.1 Å². The Labute approximate surface area is 167 Å². The van der Waals surface area contributed by atoms with Crippen LogP contribution in [0.15, 0.2) is 59.7 Å². The molecule has 7 heteroatoms. The van der Waals surface area contributed by atoms with Crippen LogP contribution in [0.1, 0.15) is 5.69 Å². The summed E-state index contributed by atoms with van der Waals surface area (Å²) < 4.78 is 6.96. The van der Waals surface area contributed by atoms with Crippen molar-refractivity contribution in [2.24, 2.45) is 0 Å². The molecule has 0 bridgehead atoms. The number of ether oxygens (including phenoxy) is 1. The Hall–Kier alpha value is -3.32. The molecule has 0 amide bonds. The number of anilines is 1. The Balaban J connectivity index is 1.46. The standard InChI is InChI=1S/C22H21N5O2/c28-22-21-19(23-9-7-20(21)26-11-13-29-14-12-26)15-24-27(22)10-8-17-6-5-16-3-1-2-4-18(16)25-17/h1-7,9,15H,8,10-14H2. The van der Waals surface area contributed by atoms with Crippen molar-refractivity contribution >= 4 is 27.5 Å². The highest BCUT2D eigenvalue weighted by Crippen LogP contribution is 2.22. The largest absolute Gasteiger partial charge is 0.378 e. The van der Waals surface area contributed by atoms with Crippen LogP contribution in [0.25, 0.3) is 21.8 Å². The monoisotopic (exact) mass is 387 g/mol. The maximum Gasteiger partial charge on any atom is 0.278 e. The number of nitrogens with zero attached hydrogens (tertiary/aromatic N) is 5. The minimum atomic E-state index is -0.113. The predicted molar refractivity (Wildman–Crippen MR) is 112 cm³/mol. The molecule has 0 saturated carbocycles. The highest BCUT2D eigenvalue weighted by molar-refractivity contribution is 5.90. The molecule has 29 heavy (non-hydrogen) atoms. The molecule has 5 rings (SSSR count). The fourth-order valence-electron chi connectivity index (χ4n) is 3.79. The number of aryl methyl sites for hydroxylation is 2. The summed E-state index contributed by atoms with van der Waals surface area (Å²) in [6.07, 6.45) is 4.04. The molecule has 7 nitrogen and oxygen atoms in total. The molecule has 3 aromatic heterocycles. The van der Waals surface area contributed by atoms with Gasteiger partial charge >= 0.3 is 0 Å². The molecule has 1 aromatic carbocycles. The molecule has 1 saturated heterocycles. The van der Waals surface area contributed by atoms with Crippen molar-refractivity contribution in [1.82, 2.24) is 19.7 Å². The van der Waals surface area contributed by atoms with Gasteiger partial charge in [0.2, 0.25) is 0 Å². The van der Waals surface area contributed by atoms with Crippen LogP contribution in [0, 0.1) is 0 Å². The van der Waals surface area contributed by atoms with Crippen LogP contribution in [0.4, 0.5) is 5.69 Å². The fourth-order valence-corrected chi connectivity index (χ4v) is 3.79. The first-order chi connectivity index (χ1) is 14.3. The van der Waals surface area contributed by atoms with Crippen molar-refractivity contribution in [3.8, 4) is 0 Å². The highest BCUT2D eigenvalue weighted by atomic mass is 16.5. The summed E-state index contributed by atoms with van der Waals surface area (Å²) >= 11 is 0. The molecule has 0 atom stereocenters. The summed E-state index contributed by atoms with van der Waals surface area (Å²) in [4.78, 5) is 24.4. The Morgan fingerprint density at radius 1 is 1.00 bits per heavy atom. The van der Waals surface area contributed by atoms with E-state index in [1.807, 2.05) is 36.4 Å². The van der Waals surface area contributed by atoms with Crippen LogP contribution in [0.3, 0.4) is 0 Å². The maximum atomic E-state index is 13.2. The number of rotatable bonds is 4. The van der Waals surface area contributed by atoms with E-state index in [1.54, 1.807) is 12.4 Å². The smallest absolute Gasteiger partial charge is 0.278 e. The van der Waals surface area contributed by atoms with Gasteiger partial charge in [0.05, 0.1) is 48.1 Å². The van der Waals surface area contributed by atoms with Gasteiger partial charge in [0.15, 0.2) is 0 Å². The number of fused-ring (bicyclic) bond motifs is 2. The molecule has 0 N–H and O–H groups in total. The van der Waals surface area contributed by atoms with E-state index in [-0.39, 0.29) is 5.56 Å². The third-order valence-corrected chi connectivity index (χ3v) is 5.31. The second-order valence-electron chi connectivity index (χ2n) is 7.11. The van der Waals surface area contributed by atoms with Gasteiger partial charge in [0.25, 0.3) is 5.56 Å². The third-order valence-electron chi connectivity index (χ3n) is 5.31. The van der Waals surface area contributed by atoms with Crippen LogP contribution in [0.2, 0.25) is 0 Å². The quantitative estimate of drug-likeness (QED) is 0.535. The molecule has 1 aliphatic heterocycles. The molecule has 4 heterocycles. The van der Waals surface area contributed by atoms with E-state index in [4.69, 9.17) is 9.72 Å². The van der Waals surface area contributed by atoms with Crippen molar-refractivity contribution < 1.29 is 4.74 Å². The van der Waals surface area contributed by atoms with Gasteiger partial charge in [0.1, 0.15) is 0 Å². The number of morpholine rings is 1. The molecule has 0 aliphatic carbocycles. The molecular formula is C22H21N5O2. The van der Waals surface area contributed by atoms with E-state index in [0.29, 0.717) is 37.1 Å². The van der Waals surface area contributed by atoms with E-state index < -0.39 is 0 Å². The van der Waals surface area contributed by atoms with Crippen molar-refractivity contribution in [2.45, 2.75) is 13.0 Å². The van der Waals surface area contributed by atoms with Gasteiger partial charge < -0.3 is 9.64 Å². The molecule has 4 aromatic rings. The van der Waals surface area contributed by atoms with Crippen molar-refractivity contribution in [3.63, 3.8) is 0 Å². The number of pyridine rings is 2. The van der Waals surface area contributed by atoms with Crippen molar-refractivity contribution in [2.75, 3.05) is 31.2 Å². The topological polar surface area (TPSA) is 73.1 Å². The number of para-hydroxylation sites is 1. The van der Waals surface area contributed by atoms with Crippen LogP contribution >= 0.6 is 0 Å². The number of aromatic nitrogens is 4. The highest BCUT2D eigenvalue weighted by Gasteiger charge is 2.17. The van der Waals surface area contributed by atoms with Crippen molar-refractivity contribution in [3.05, 3.63) is 70.9 Å². The summed E-state index contributed by atoms with van der Waals surface area (Å²) in [5.41, 5.74) is 3.32.